The van der Waals surface area contributed by atoms with Crippen molar-refractivity contribution in [3.63, 3.8) is 0 Å². The fourth-order valence-electron chi connectivity index (χ4n) is 4.84. The van der Waals surface area contributed by atoms with E-state index in [-0.39, 0.29) is 17.1 Å². The monoisotopic (exact) mass is 483 g/mol. The Hall–Kier alpha value is -4.17. The normalized spacial score (nSPS) is 16.8. The minimum Gasteiger partial charge on any atom is -0.272 e. The first-order valence-electron chi connectivity index (χ1n) is 11.1. The highest BCUT2D eigenvalue weighted by molar-refractivity contribution is 7.07. The van der Waals surface area contributed by atoms with Gasteiger partial charge in [-0.2, -0.15) is 0 Å². The highest BCUT2D eigenvalue weighted by atomic mass is 32.1. The molecule has 0 saturated heterocycles. The fraction of sp³-hybridized carbons (Fsp3) is 0.111. The Morgan fingerprint density at radius 2 is 1.86 bits per heavy atom. The molecule has 1 aliphatic heterocycles. The number of fused-ring (bicyclic) bond motifs is 3. The van der Waals surface area contributed by atoms with E-state index in [1.165, 1.54) is 35.1 Å². The number of non-ortho nitro benzene ring substituents is 1. The summed E-state index contributed by atoms with van der Waals surface area (Å²) in [7, 11) is 0. The number of aryl methyl sites for hydroxylation is 1. The number of benzene rings is 3. The third-order valence-corrected chi connectivity index (χ3v) is 7.42. The Morgan fingerprint density at radius 3 is 2.66 bits per heavy atom. The van der Waals surface area contributed by atoms with Crippen molar-refractivity contribution in [1.82, 2.24) is 4.57 Å². The van der Waals surface area contributed by atoms with E-state index in [0.717, 1.165) is 23.3 Å². The molecule has 0 amide bonds. The zero-order valence-corrected chi connectivity index (χ0v) is 19.2. The van der Waals surface area contributed by atoms with Gasteiger partial charge in [-0.05, 0) is 53.3 Å². The van der Waals surface area contributed by atoms with Crippen LogP contribution in [0.1, 0.15) is 34.7 Å². The number of hydrogen-bond acceptors (Lipinski definition) is 5. The van der Waals surface area contributed by atoms with E-state index in [2.05, 4.69) is 6.07 Å². The van der Waals surface area contributed by atoms with Crippen LogP contribution in [0.2, 0.25) is 0 Å². The van der Waals surface area contributed by atoms with Crippen molar-refractivity contribution < 1.29 is 9.31 Å². The van der Waals surface area contributed by atoms with Crippen LogP contribution in [0.4, 0.5) is 10.1 Å². The van der Waals surface area contributed by atoms with E-state index >= 15 is 0 Å². The van der Waals surface area contributed by atoms with Crippen LogP contribution >= 0.6 is 11.3 Å². The molecule has 0 saturated carbocycles. The van der Waals surface area contributed by atoms with Gasteiger partial charge >= 0.3 is 0 Å². The number of aromatic nitrogens is 1. The predicted octanol–water partition coefficient (Wildman–Crippen LogP) is 4.37. The van der Waals surface area contributed by atoms with E-state index in [9.17, 15) is 19.3 Å². The van der Waals surface area contributed by atoms with E-state index < -0.39 is 11.0 Å². The largest absolute Gasteiger partial charge is 0.272 e. The Kier molecular flexibility index (Phi) is 5.04. The zero-order valence-electron chi connectivity index (χ0n) is 18.3. The third-order valence-electron chi connectivity index (χ3n) is 6.44. The maximum absolute atomic E-state index is 13.7. The molecule has 172 valence electrons. The summed E-state index contributed by atoms with van der Waals surface area (Å²) in [5.41, 5.74) is 5.17. The standard InChI is InChI=1S/C27H18FN3O3S/c28-19-11-8-16(9-12-19)14-23-26(32)30-25(18-5-3-6-20(15-18)31(33)34)22-13-10-17-4-1-2-7-21(17)24(22)29-27(30)35-23/h1-9,11-12,14-15,25H,10,13H2. The van der Waals surface area contributed by atoms with Crippen LogP contribution in [-0.2, 0) is 6.42 Å². The number of nitro groups is 1. The second-order valence-electron chi connectivity index (χ2n) is 8.52. The molecule has 0 fully saturated rings. The highest BCUT2D eigenvalue weighted by Crippen LogP contribution is 2.41. The van der Waals surface area contributed by atoms with Crippen molar-refractivity contribution in [3.8, 4) is 0 Å². The SMILES string of the molecule is O=c1c(=Cc2ccc(F)cc2)sc2n1C(c1cccc([N+](=O)[O-])c1)C1=C(N=2)c2ccccc2CC1. The Bertz CT molecular complexity index is 1720. The minimum absolute atomic E-state index is 0.0219. The topological polar surface area (TPSA) is 77.5 Å². The van der Waals surface area contributed by atoms with Crippen LogP contribution in [0.25, 0.3) is 11.8 Å². The van der Waals surface area contributed by atoms with Crippen LogP contribution in [0.5, 0.6) is 0 Å². The van der Waals surface area contributed by atoms with E-state index in [1.807, 2.05) is 24.3 Å². The van der Waals surface area contributed by atoms with Crippen LogP contribution in [0.15, 0.2) is 88.2 Å². The van der Waals surface area contributed by atoms with Gasteiger partial charge in [0.25, 0.3) is 11.2 Å². The fourth-order valence-corrected chi connectivity index (χ4v) is 5.84. The zero-order chi connectivity index (χ0) is 24.1. The third kappa shape index (κ3) is 3.63. The van der Waals surface area contributed by atoms with Gasteiger partial charge in [-0.3, -0.25) is 19.5 Å². The molecule has 1 aromatic heterocycles. The lowest BCUT2D eigenvalue weighted by Gasteiger charge is -2.30. The number of rotatable bonds is 3. The first-order valence-corrected chi connectivity index (χ1v) is 11.9. The van der Waals surface area contributed by atoms with Crippen LogP contribution < -0.4 is 14.9 Å². The minimum atomic E-state index is -0.495. The quantitative estimate of drug-likeness (QED) is 0.321. The summed E-state index contributed by atoms with van der Waals surface area (Å²) in [4.78, 5) is 30.2. The smallest absolute Gasteiger partial charge is 0.271 e. The molecule has 2 heterocycles. The molecule has 1 aliphatic carbocycles. The molecule has 2 aliphatic rings. The molecule has 0 N–H and O–H groups in total. The lowest BCUT2D eigenvalue weighted by atomic mass is 9.83. The number of nitrogens with zero attached hydrogens (tertiary/aromatic N) is 3. The summed E-state index contributed by atoms with van der Waals surface area (Å²) in [5.74, 6) is -0.347. The van der Waals surface area contributed by atoms with Crippen molar-refractivity contribution in [3.05, 3.63) is 136 Å². The van der Waals surface area contributed by atoms with Gasteiger partial charge in [-0.1, -0.05) is 59.9 Å². The average molecular weight is 484 g/mol. The number of nitro benzene ring substituents is 1. The molecular formula is C27H18FN3O3S. The Labute approximate surface area is 202 Å². The predicted molar refractivity (Wildman–Crippen MR) is 132 cm³/mol. The van der Waals surface area contributed by atoms with Gasteiger partial charge in [0.15, 0.2) is 4.80 Å². The lowest BCUT2D eigenvalue weighted by molar-refractivity contribution is -0.384. The summed E-state index contributed by atoms with van der Waals surface area (Å²) in [5, 5.41) is 11.5. The summed E-state index contributed by atoms with van der Waals surface area (Å²) in [6.07, 6.45) is 3.23. The van der Waals surface area contributed by atoms with E-state index in [1.54, 1.807) is 34.9 Å². The van der Waals surface area contributed by atoms with Crippen LogP contribution in [-0.4, -0.2) is 9.49 Å². The summed E-state index contributed by atoms with van der Waals surface area (Å²) < 4.78 is 15.5. The summed E-state index contributed by atoms with van der Waals surface area (Å²) in [6, 6.07) is 20.0. The van der Waals surface area contributed by atoms with Gasteiger partial charge in [0.2, 0.25) is 0 Å². The molecule has 1 unspecified atom stereocenters. The maximum atomic E-state index is 13.7. The number of halogens is 1. The highest BCUT2D eigenvalue weighted by Gasteiger charge is 2.33. The molecule has 6 rings (SSSR count). The number of allylic oxidation sites excluding steroid dienone is 1. The van der Waals surface area contributed by atoms with Gasteiger partial charge in [0.05, 0.1) is 21.2 Å². The molecule has 1 atom stereocenters. The Morgan fingerprint density at radius 1 is 1.06 bits per heavy atom. The first kappa shape index (κ1) is 21.4. The molecule has 4 aromatic rings. The van der Waals surface area contributed by atoms with E-state index in [4.69, 9.17) is 4.99 Å². The average Bonchev–Trinajstić information content (AvgIpc) is 3.18. The van der Waals surface area contributed by atoms with Gasteiger partial charge in [-0.15, -0.1) is 0 Å². The molecular weight excluding hydrogens is 465 g/mol. The number of thiazole rings is 1. The number of hydrogen-bond donors (Lipinski definition) is 0. The molecule has 0 radical (unpaired) electrons. The first-order chi connectivity index (χ1) is 17.0. The van der Waals surface area contributed by atoms with Crippen LogP contribution in [0.3, 0.4) is 0 Å². The van der Waals surface area contributed by atoms with Crippen molar-refractivity contribution in [1.29, 1.82) is 0 Å². The molecule has 8 heteroatoms. The second kappa shape index (κ2) is 8.25. The maximum Gasteiger partial charge on any atom is 0.271 e. The van der Waals surface area contributed by atoms with Gasteiger partial charge < -0.3 is 0 Å². The van der Waals surface area contributed by atoms with Gasteiger partial charge in [0.1, 0.15) is 5.82 Å². The molecule has 0 bridgehead atoms. The second-order valence-corrected chi connectivity index (χ2v) is 9.53. The molecule has 35 heavy (non-hydrogen) atoms. The molecule has 6 nitrogen and oxygen atoms in total. The van der Waals surface area contributed by atoms with Crippen molar-refractivity contribution in [2.24, 2.45) is 4.99 Å². The molecule has 3 aromatic carbocycles. The molecule has 0 spiro atoms. The summed E-state index contributed by atoms with van der Waals surface area (Å²) in [6.45, 7) is 0. The van der Waals surface area contributed by atoms with Gasteiger partial charge in [-0.25, -0.2) is 9.38 Å². The van der Waals surface area contributed by atoms with Crippen LogP contribution in [0, 0.1) is 15.9 Å². The van der Waals surface area contributed by atoms with Gasteiger partial charge in [0, 0.05) is 17.7 Å². The lowest BCUT2D eigenvalue weighted by Crippen LogP contribution is -2.38. The van der Waals surface area contributed by atoms with Crippen molar-refractivity contribution >= 4 is 28.8 Å². The van der Waals surface area contributed by atoms with Crippen molar-refractivity contribution in [2.75, 3.05) is 0 Å². The summed E-state index contributed by atoms with van der Waals surface area (Å²) >= 11 is 1.27. The van der Waals surface area contributed by atoms with E-state index in [0.29, 0.717) is 26.9 Å². The van der Waals surface area contributed by atoms with Crippen molar-refractivity contribution in [2.45, 2.75) is 18.9 Å². The Balaban J connectivity index is 1.63.